The Hall–Kier alpha value is -4.31. The molecular formula is C24H19N3O4. The Balaban J connectivity index is 1.91. The molecule has 4 rings (SSSR count). The molecule has 0 fully saturated rings. The van der Waals surface area contributed by atoms with Gasteiger partial charge in [-0.3, -0.25) is 4.79 Å². The molecule has 0 amide bonds. The first-order chi connectivity index (χ1) is 15.0. The lowest BCUT2D eigenvalue weighted by molar-refractivity contribution is -0.605. The lowest BCUT2D eigenvalue weighted by atomic mass is 10.1. The zero-order valence-corrected chi connectivity index (χ0v) is 17.0. The van der Waals surface area contributed by atoms with Crippen molar-refractivity contribution in [2.75, 3.05) is 12.0 Å². The van der Waals surface area contributed by atoms with Gasteiger partial charge in [0.25, 0.3) is 0 Å². The van der Waals surface area contributed by atoms with E-state index in [0.29, 0.717) is 28.8 Å². The molecule has 31 heavy (non-hydrogen) atoms. The molecule has 0 atom stereocenters. The molecule has 2 heterocycles. The quantitative estimate of drug-likeness (QED) is 0.263. The number of pyridine rings is 1. The Morgan fingerprint density at radius 2 is 2.00 bits per heavy atom. The minimum Gasteiger partial charge on any atom is -0.619 e. The Morgan fingerprint density at radius 1 is 1.23 bits per heavy atom. The molecule has 0 spiro atoms. The topological polar surface area (TPSA) is 93.4 Å². The molecule has 7 heteroatoms. The molecule has 0 bridgehead atoms. The maximum absolute atomic E-state index is 11.9. The summed E-state index contributed by atoms with van der Waals surface area (Å²) >= 11 is 0. The number of carbonyl (C=O) groups excluding carboxylic acids is 1. The van der Waals surface area contributed by atoms with Gasteiger partial charge in [-0.1, -0.05) is 0 Å². The van der Waals surface area contributed by atoms with Gasteiger partial charge < -0.3 is 19.3 Å². The van der Waals surface area contributed by atoms with Crippen LogP contribution < -0.4 is 14.4 Å². The minimum atomic E-state index is -0.190. The Bertz CT molecular complexity index is 1300. The molecule has 0 N–H and O–H groups in total. The number of ketones is 1. The first-order valence-corrected chi connectivity index (χ1v) is 9.57. The van der Waals surface area contributed by atoms with Gasteiger partial charge in [-0.25, -0.2) is 0 Å². The lowest BCUT2D eigenvalue weighted by Gasteiger charge is -2.26. The van der Waals surface area contributed by atoms with E-state index in [9.17, 15) is 10.0 Å². The summed E-state index contributed by atoms with van der Waals surface area (Å²) in [5, 5.41) is 21.6. The van der Waals surface area contributed by atoms with Gasteiger partial charge >= 0.3 is 0 Å². The van der Waals surface area contributed by atoms with Crippen molar-refractivity contribution in [3.8, 4) is 11.8 Å². The van der Waals surface area contributed by atoms with Crippen LogP contribution in [0.5, 0.6) is 5.75 Å². The van der Waals surface area contributed by atoms with E-state index < -0.39 is 0 Å². The maximum atomic E-state index is 11.9. The van der Waals surface area contributed by atoms with Crippen LogP contribution in [0.3, 0.4) is 0 Å². The lowest BCUT2D eigenvalue weighted by Crippen LogP contribution is -2.26. The molecule has 0 aliphatic heterocycles. The van der Waals surface area contributed by atoms with Crippen LogP contribution in [0.2, 0.25) is 0 Å². The van der Waals surface area contributed by atoms with Crippen LogP contribution in [0, 0.1) is 16.5 Å². The number of nitrogens with zero attached hydrogens (tertiary/aromatic N) is 3. The van der Waals surface area contributed by atoms with E-state index in [1.165, 1.54) is 19.3 Å². The van der Waals surface area contributed by atoms with Crippen molar-refractivity contribution in [2.45, 2.75) is 13.5 Å². The summed E-state index contributed by atoms with van der Waals surface area (Å²) in [6.07, 6.45) is 2.93. The fourth-order valence-corrected chi connectivity index (χ4v) is 3.46. The number of rotatable bonds is 6. The van der Waals surface area contributed by atoms with Crippen molar-refractivity contribution in [3.05, 3.63) is 89.1 Å². The first kappa shape index (κ1) is 20.0. The fourth-order valence-electron chi connectivity index (χ4n) is 3.46. The molecule has 0 saturated heterocycles. The normalized spacial score (nSPS) is 10.6. The summed E-state index contributed by atoms with van der Waals surface area (Å²) in [5.74, 6) is 0.561. The number of hydrogen-bond acceptors (Lipinski definition) is 6. The second kappa shape index (κ2) is 8.20. The van der Waals surface area contributed by atoms with Gasteiger partial charge in [0.2, 0.25) is 0 Å². The molecule has 4 aromatic rings. The zero-order chi connectivity index (χ0) is 22.0. The van der Waals surface area contributed by atoms with E-state index >= 15 is 0 Å². The highest BCUT2D eigenvalue weighted by Crippen LogP contribution is 2.39. The number of anilines is 2. The molecule has 2 aromatic carbocycles. The first-order valence-electron chi connectivity index (χ1n) is 9.57. The predicted octanol–water partition coefficient (Wildman–Crippen LogP) is 4.49. The molecule has 7 nitrogen and oxygen atoms in total. The van der Waals surface area contributed by atoms with Crippen LogP contribution in [0.4, 0.5) is 11.4 Å². The SMILES string of the molecule is COc1ccc(N(Cc2ccc[n+]([O-])c2)c2ccc(C#N)cc2)c2cc(C(C)=O)oc12. The van der Waals surface area contributed by atoms with Gasteiger partial charge in [-0.15, -0.1) is 0 Å². The van der Waals surface area contributed by atoms with E-state index in [1.54, 1.807) is 37.4 Å². The van der Waals surface area contributed by atoms with E-state index in [4.69, 9.17) is 14.4 Å². The molecule has 154 valence electrons. The smallest absolute Gasteiger partial charge is 0.194 e. The molecule has 0 aliphatic rings. The molecule has 2 aromatic heterocycles. The van der Waals surface area contributed by atoms with Crippen molar-refractivity contribution in [3.63, 3.8) is 0 Å². The highest BCUT2D eigenvalue weighted by atomic mass is 16.5. The standard InChI is InChI=1S/C24H19N3O4/c1-16(28)23-12-20-21(9-10-22(30-2)24(20)31-23)27(15-18-4-3-11-26(29)14-18)19-7-5-17(13-25)6-8-19/h3-12,14H,15H2,1-2H3. The van der Waals surface area contributed by atoms with Crippen LogP contribution in [0.15, 0.2) is 71.4 Å². The number of fused-ring (bicyclic) bond motifs is 1. The fraction of sp³-hybridized carbons (Fsp3) is 0.125. The number of methoxy groups -OCH3 is 1. The summed E-state index contributed by atoms with van der Waals surface area (Å²) in [7, 11) is 1.54. The highest BCUT2D eigenvalue weighted by Gasteiger charge is 2.20. The largest absolute Gasteiger partial charge is 0.619 e. The summed E-state index contributed by atoms with van der Waals surface area (Å²) in [5.41, 5.74) is 3.40. The summed E-state index contributed by atoms with van der Waals surface area (Å²) in [6.45, 7) is 1.83. The number of furan rings is 1. The summed E-state index contributed by atoms with van der Waals surface area (Å²) < 4.78 is 12.0. The number of ether oxygens (including phenoxy) is 1. The molecule has 0 radical (unpaired) electrons. The van der Waals surface area contributed by atoms with Crippen LogP contribution >= 0.6 is 0 Å². The Labute approximate surface area is 178 Å². The van der Waals surface area contributed by atoms with Crippen molar-refractivity contribution < 1.29 is 18.7 Å². The van der Waals surface area contributed by atoms with Crippen LogP contribution in [-0.2, 0) is 6.54 Å². The van der Waals surface area contributed by atoms with E-state index in [1.807, 2.05) is 29.2 Å². The molecular weight excluding hydrogens is 394 g/mol. The van der Waals surface area contributed by atoms with Gasteiger partial charge in [-0.2, -0.15) is 9.99 Å². The van der Waals surface area contributed by atoms with Crippen molar-refractivity contribution in [2.24, 2.45) is 0 Å². The third-order valence-corrected chi connectivity index (χ3v) is 4.97. The van der Waals surface area contributed by atoms with Gasteiger partial charge in [0.1, 0.15) is 0 Å². The third-order valence-electron chi connectivity index (χ3n) is 4.97. The van der Waals surface area contributed by atoms with Crippen molar-refractivity contribution in [1.82, 2.24) is 0 Å². The molecule has 0 unspecified atom stereocenters. The highest BCUT2D eigenvalue weighted by molar-refractivity contribution is 6.02. The number of aromatic nitrogens is 1. The van der Waals surface area contributed by atoms with Crippen molar-refractivity contribution >= 4 is 28.1 Å². The Morgan fingerprint density at radius 3 is 2.65 bits per heavy atom. The number of hydrogen-bond donors (Lipinski definition) is 0. The number of Topliss-reactive ketones (excluding diaryl/α,β-unsaturated/α-hetero) is 1. The third kappa shape index (κ3) is 3.91. The van der Waals surface area contributed by atoms with E-state index in [0.717, 1.165) is 21.7 Å². The molecule has 0 saturated carbocycles. The second-order valence-electron chi connectivity index (χ2n) is 7.01. The average Bonchev–Trinajstić information content (AvgIpc) is 3.23. The van der Waals surface area contributed by atoms with Crippen LogP contribution in [-0.4, -0.2) is 12.9 Å². The molecule has 0 aliphatic carbocycles. The zero-order valence-electron chi connectivity index (χ0n) is 17.0. The van der Waals surface area contributed by atoms with E-state index in [-0.39, 0.29) is 11.5 Å². The number of nitriles is 1. The van der Waals surface area contributed by atoms with Gasteiger partial charge in [0.05, 0.1) is 31.0 Å². The second-order valence-corrected chi connectivity index (χ2v) is 7.01. The summed E-state index contributed by atoms with van der Waals surface area (Å²) in [6, 6.07) is 18.2. The van der Waals surface area contributed by atoms with Crippen LogP contribution in [0.25, 0.3) is 11.0 Å². The van der Waals surface area contributed by atoms with Crippen LogP contribution in [0.1, 0.15) is 28.6 Å². The predicted molar refractivity (Wildman–Crippen MR) is 115 cm³/mol. The number of carbonyl (C=O) groups is 1. The van der Waals surface area contributed by atoms with Gasteiger partial charge in [-0.05, 0) is 48.5 Å². The monoisotopic (exact) mass is 413 g/mol. The van der Waals surface area contributed by atoms with E-state index in [2.05, 4.69) is 6.07 Å². The van der Waals surface area contributed by atoms with Crippen molar-refractivity contribution in [1.29, 1.82) is 5.26 Å². The summed E-state index contributed by atoms with van der Waals surface area (Å²) in [4.78, 5) is 13.9. The average molecular weight is 413 g/mol. The Kier molecular flexibility index (Phi) is 5.29. The van der Waals surface area contributed by atoms with Gasteiger partial charge in [0.15, 0.2) is 35.3 Å². The maximum Gasteiger partial charge on any atom is 0.194 e. The minimum absolute atomic E-state index is 0.190. The number of benzene rings is 2. The van der Waals surface area contributed by atoms with Gasteiger partial charge in [0, 0.05) is 29.6 Å².